The van der Waals surface area contributed by atoms with Crippen LogP contribution in [0.4, 0.5) is 5.69 Å². The molecule has 0 radical (unpaired) electrons. The Morgan fingerprint density at radius 2 is 1.57 bits per heavy atom. The number of methoxy groups -OCH3 is 3. The summed E-state index contributed by atoms with van der Waals surface area (Å²) in [4.78, 5) is 15.1. The van der Waals surface area contributed by atoms with Gasteiger partial charge in [0.25, 0.3) is 5.91 Å². The minimum Gasteiger partial charge on any atom is -0.496 e. The Hall–Kier alpha value is -2.88. The average molecular weight is 521 g/mol. The molecule has 0 N–H and O–H groups in total. The van der Waals surface area contributed by atoms with Gasteiger partial charge in [0.15, 0.2) is 23.0 Å². The number of ether oxygens (including phenoxy) is 5. The highest BCUT2D eigenvalue weighted by molar-refractivity contribution is 14.1. The number of carbonyl (C=O) groups is 1. The number of nitrogens with zero attached hydrogens (tertiary/aromatic N) is 1. The Morgan fingerprint density at radius 3 is 2.20 bits per heavy atom. The molecule has 0 fully saturated rings. The molecule has 0 bridgehead atoms. The summed E-state index contributed by atoms with van der Waals surface area (Å²) >= 11 is 2.12. The molecule has 0 aliphatic carbocycles. The van der Waals surface area contributed by atoms with E-state index in [2.05, 4.69) is 22.6 Å². The van der Waals surface area contributed by atoms with Crippen LogP contribution in [0, 0.1) is 3.57 Å². The van der Waals surface area contributed by atoms with E-state index in [0.29, 0.717) is 40.0 Å². The number of amides is 1. The van der Waals surface area contributed by atoms with Crippen molar-refractivity contribution in [2.24, 2.45) is 0 Å². The van der Waals surface area contributed by atoms with Crippen molar-refractivity contribution in [3.8, 4) is 28.7 Å². The highest BCUT2D eigenvalue weighted by Crippen LogP contribution is 2.43. The number of anilines is 1. The minimum atomic E-state index is -0.223. The van der Waals surface area contributed by atoms with Crippen LogP contribution < -0.4 is 28.6 Å². The second-order valence-electron chi connectivity index (χ2n) is 6.56. The van der Waals surface area contributed by atoms with Gasteiger partial charge in [0.1, 0.15) is 5.75 Å². The molecular weight excluding hydrogens is 501 g/mol. The Morgan fingerprint density at radius 1 is 0.933 bits per heavy atom. The Balaban J connectivity index is 1.87. The summed E-state index contributed by atoms with van der Waals surface area (Å²) in [6.07, 6.45) is 0. The predicted molar refractivity (Wildman–Crippen MR) is 122 cm³/mol. The molecule has 0 spiro atoms. The van der Waals surface area contributed by atoms with E-state index >= 15 is 0 Å². The van der Waals surface area contributed by atoms with Crippen molar-refractivity contribution in [2.75, 3.05) is 40.1 Å². The third-order valence-electron chi connectivity index (χ3n) is 5.04. The number of carbonyl (C=O) groups excluding carboxylic acids is 1. The van der Waals surface area contributed by atoms with E-state index in [1.807, 2.05) is 30.3 Å². The van der Waals surface area contributed by atoms with Gasteiger partial charge >= 0.3 is 0 Å². The van der Waals surface area contributed by atoms with E-state index in [4.69, 9.17) is 23.7 Å². The van der Waals surface area contributed by atoms with Gasteiger partial charge in [0.05, 0.1) is 32.6 Å². The van der Waals surface area contributed by atoms with Gasteiger partial charge in [0, 0.05) is 21.4 Å². The highest BCUT2D eigenvalue weighted by Gasteiger charge is 2.26. The molecule has 0 aromatic heterocycles. The van der Waals surface area contributed by atoms with Gasteiger partial charge in [-0.1, -0.05) is 0 Å². The fourth-order valence-electron chi connectivity index (χ4n) is 3.54. The lowest BCUT2D eigenvalue weighted by molar-refractivity contribution is 0.0988. The summed E-state index contributed by atoms with van der Waals surface area (Å²) in [5, 5.41) is 1.64. The number of benzene rings is 3. The SMILES string of the molecule is COc1ccc(I)c(C(=O)N(C)c2ccc(OC)c3cc4c(cc23)OCO4)c1OC. The largest absolute Gasteiger partial charge is 0.496 e. The zero-order valence-electron chi connectivity index (χ0n) is 16.9. The standard InChI is InChI=1S/C22H20INO6/c1-24(22(25)20-14(23)5-7-17(27-3)21(20)28-4)15-6-8-16(26-2)13-10-19-18(9-12(13)15)29-11-30-19/h5-10H,11H2,1-4H3. The van der Waals surface area contributed by atoms with Crippen molar-refractivity contribution in [1.29, 1.82) is 0 Å². The summed E-state index contributed by atoms with van der Waals surface area (Å²) in [6.45, 7) is 0.164. The molecule has 30 heavy (non-hydrogen) atoms. The number of hydrogen-bond acceptors (Lipinski definition) is 6. The van der Waals surface area contributed by atoms with Crippen molar-refractivity contribution in [2.45, 2.75) is 0 Å². The first-order chi connectivity index (χ1) is 14.5. The van der Waals surface area contributed by atoms with E-state index in [-0.39, 0.29) is 12.7 Å². The van der Waals surface area contributed by atoms with Crippen molar-refractivity contribution in [1.82, 2.24) is 0 Å². The number of fused-ring (bicyclic) bond motifs is 2. The van der Waals surface area contributed by atoms with Gasteiger partial charge in [-0.15, -0.1) is 0 Å². The predicted octanol–water partition coefficient (Wildman–Crippen LogP) is 4.48. The number of hydrogen-bond donors (Lipinski definition) is 0. The summed E-state index contributed by atoms with van der Waals surface area (Å²) in [7, 11) is 6.40. The zero-order valence-corrected chi connectivity index (χ0v) is 19.1. The van der Waals surface area contributed by atoms with Crippen LogP contribution in [0.3, 0.4) is 0 Å². The molecule has 7 nitrogen and oxygen atoms in total. The van der Waals surface area contributed by atoms with E-state index in [1.54, 1.807) is 32.2 Å². The maximum absolute atomic E-state index is 13.5. The van der Waals surface area contributed by atoms with Gasteiger partial charge in [-0.25, -0.2) is 0 Å². The molecule has 0 unspecified atom stereocenters. The van der Waals surface area contributed by atoms with Gasteiger partial charge in [-0.2, -0.15) is 0 Å². The summed E-state index contributed by atoms with van der Waals surface area (Å²) in [5.41, 5.74) is 1.14. The van der Waals surface area contributed by atoms with Crippen LogP contribution in [0.25, 0.3) is 10.8 Å². The first-order valence-electron chi connectivity index (χ1n) is 9.09. The first-order valence-corrected chi connectivity index (χ1v) is 10.2. The first kappa shape index (κ1) is 20.4. The minimum absolute atomic E-state index is 0.164. The molecule has 1 amide bonds. The Labute approximate surface area is 187 Å². The van der Waals surface area contributed by atoms with Crippen LogP contribution in [-0.2, 0) is 0 Å². The molecule has 1 aliphatic heterocycles. The molecule has 4 rings (SSSR count). The van der Waals surface area contributed by atoms with Crippen molar-refractivity contribution < 1.29 is 28.5 Å². The third-order valence-corrected chi connectivity index (χ3v) is 5.94. The lowest BCUT2D eigenvalue weighted by Gasteiger charge is -2.23. The second-order valence-corrected chi connectivity index (χ2v) is 7.72. The van der Waals surface area contributed by atoms with Crippen LogP contribution in [0.2, 0.25) is 0 Å². The fraction of sp³-hybridized carbons (Fsp3) is 0.227. The Kier molecular flexibility index (Phi) is 5.50. The summed E-state index contributed by atoms with van der Waals surface area (Å²) in [5.74, 6) is 2.64. The van der Waals surface area contributed by atoms with Crippen molar-refractivity contribution in [3.63, 3.8) is 0 Å². The zero-order chi connectivity index (χ0) is 21.4. The van der Waals surface area contributed by atoms with Gasteiger partial charge in [0.2, 0.25) is 6.79 Å². The van der Waals surface area contributed by atoms with Crippen molar-refractivity contribution in [3.05, 3.63) is 45.5 Å². The van der Waals surface area contributed by atoms with E-state index in [0.717, 1.165) is 14.3 Å². The van der Waals surface area contributed by atoms with Crippen molar-refractivity contribution >= 4 is 45.0 Å². The van der Waals surface area contributed by atoms with E-state index < -0.39 is 0 Å². The van der Waals surface area contributed by atoms with Crippen LogP contribution in [0.5, 0.6) is 28.7 Å². The molecule has 156 valence electrons. The maximum atomic E-state index is 13.5. The number of halogens is 1. The monoisotopic (exact) mass is 521 g/mol. The summed E-state index contributed by atoms with van der Waals surface area (Å²) in [6, 6.07) is 11.0. The summed E-state index contributed by atoms with van der Waals surface area (Å²) < 4.78 is 28.2. The van der Waals surface area contributed by atoms with E-state index in [9.17, 15) is 4.79 Å². The van der Waals surface area contributed by atoms with Gasteiger partial charge < -0.3 is 28.6 Å². The molecule has 0 atom stereocenters. The molecule has 1 aliphatic rings. The van der Waals surface area contributed by atoms with E-state index in [1.165, 1.54) is 7.11 Å². The average Bonchev–Trinajstić information content (AvgIpc) is 3.23. The molecular formula is C22H20INO6. The van der Waals surface area contributed by atoms with Crippen LogP contribution >= 0.6 is 22.6 Å². The normalized spacial score (nSPS) is 12.0. The molecule has 0 saturated heterocycles. The molecule has 3 aromatic carbocycles. The smallest absolute Gasteiger partial charge is 0.263 e. The highest BCUT2D eigenvalue weighted by atomic mass is 127. The molecule has 0 saturated carbocycles. The second kappa shape index (κ2) is 8.10. The van der Waals surface area contributed by atoms with Gasteiger partial charge in [-0.3, -0.25) is 4.79 Å². The maximum Gasteiger partial charge on any atom is 0.263 e. The topological polar surface area (TPSA) is 66.5 Å². The molecule has 1 heterocycles. The fourth-order valence-corrected chi connectivity index (χ4v) is 4.20. The van der Waals surface area contributed by atoms with Gasteiger partial charge in [-0.05, 0) is 59.0 Å². The van der Waals surface area contributed by atoms with Crippen LogP contribution in [0.15, 0.2) is 36.4 Å². The molecule has 3 aromatic rings. The Bertz CT molecular complexity index is 1150. The lowest BCUT2D eigenvalue weighted by atomic mass is 10.0. The van der Waals surface area contributed by atoms with Crippen LogP contribution in [0.1, 0.15) is 10.4 Å². The number of rotatable bonds is 5. The van der Waals surface area contributed by atoms with Crippen LogP contribution in [-0.4, -0.2) is 41.1 Å². The quantitative estimate of drug-likeness (QED) is 0.462. The molecule has 8 heteroatoms. The lowest BCUT2D eigenvalue weighted by Crippen LogP contribution is -2.28. The third kappa shape index (κ3) is 3.24.